The average Bonchev–Trinajstić information content (AvgIpc) is 3.26. The lowest BCUT2D eigenvalue weighted by Gasteiger charge is -2.18. The fourth-order valence-corrected chi connectivity index (χ4v) is 6.36. The Hall–Kier alpha value is -3.67. The largest absolute Gasteiger partial charge is 0.462 e. The monoisotopic (exact) mass is 847 g/mol. The van der Waals surface area contributed by atoms with Crippen molar-refractivity contribution in [3.05, 3.63) is 97.2 Å². The molecular formula is C55H90O6. The van der Waals surface area contributed by atoms with E-state index in [0.29, 0.717) is 19.3 Å². The highest BCUT2D eigenvalue weighted by atomic mass is 16.6. The molecular weight excluding hydrogens is 757 g/mol. The number of carbonyl (C=O) groups excluding carboxylic acids is 3. The van der Waals surface area contributed by atoms with Crippen LogP contribution in [0.3, 0.4) is 0 Å². The molecule has 346 valence electrons. The van der Waals surface area contributed by atoms with E-state index in [4.69, 9.17) is 14.2 Å². The van der Waals surface area contributed by atoms with E-state index in [1.807, 2.05) is 0 Å². The first-order chi connectivity index (χ1) is 30.0. The van der Waals surface area contributed by atoms with Gasteiger partial charge in [0.25, 0.3) is 0 Å². The van der Waals surface area contributed by atoms with E-state index < -0.39 is 6.10 Å². The average molecular weight is 847 g/mol. The number of allylic oxidation sites excluding steroid dienone is 16. The molecule has 0 fully saturated rings. The Morgan fingerprint density at radius 2 is 0.639 bits per heavy atom. The highest BCUT2D eigenvalue weighted by Crippen LogP contribution is 2.12. The molecule has 0 aliphatic carbocycles. The third kappa shape index (κ3) is 47.2. The molecule has 61 heavy (non-hydrogen) atoms. The van der Waals surface area contributed by atoms with Gasteiger partial charge in [0.1, 0.15) is 13.2 Å². The third-order valence-corrected chi connectivity index (χ3v) is 10.1. The van der Waals surface area contributed by atoms with Crippen LogP contribution in [0.15, 0.2) is 97.2 Å². The molecule has 0 aromatic rings. The summed E-state index contributed by atoms with van der Waals surface area (Å²) in [6.07, 6.45) is 63.9. The summed E-state index contributed by atoms with van der Waals surface area (Å²) in [5.41, 5.74) is 0. The van der Waals surface area contributed by atoms with Gasteiger partial charge in [-0.2, -0.15) is 0 Å². The molecule has 6 heteroatoms. The molecule has 0 aliphatic rings. The second-order valence-corrected chi connectivity index (χ2v) is 16.0. The van der Waals surface area contributed by atoms with E-state index in [-0.39, 0.29) is 37.5 Å². The zero-order valence-corrected chi connectivity index (χ0v) is 39.4. The number of rotatable bonds is 43. The van der Waals surface area contributed by atoms with Crippen LogP contribution in [0.5, 0.6) is 0 Å². The number of hydrogen-bond donors (Lipinski definition) is 0. The Morgan fingerprint density at radius 3 is 1.07 bits per heavy atom. The van der Waals surface area contributed by atoms with Crippen molar-refractivity contribution in [2.75, 3.05) is 13.2 Å². The summed E-state index contributed by atoms with van der Waals surface area (Å²) in [5.74, 6) is -0.985. The summed E-state index contributed by atoms with van der Waals surface area (Å²) in [4.78, 5) is 37.8. The smallest absolute Gasteiger partial charge is 0.306 e. The van der Waals surface area contributed by atoms with Crippen LogP contribution in [0.2, 0.25) is 0 Å². The van der Waals surface area contributed by atoms with Crippen molar-refractivity contribution in [1.29, 1.82) is 0 Å². The number of ether oxygens (including phenoxy) is 3. The zero-order chi connectivity index (χ0) is 44.4. The standard InChI is InChI=1S/C55H90O6/c1-4-7-10-13-16-19-21-23-25-26-27-28-30-31-33-36-39-42-45-48-54(57)60-51-52(50-59-53(56)47-44-41-38-35-18-15-12-9-6-3)61-55(58)49-46-43-40-37-34-32-29-24-22-20-17-14-11-8-5-2/h7,10,16-17,19-20,23-25,27-29,31,33-34,37,52H,4-6,8-9,11-15,18,21-22,26,30,32,35-36,38-51H2,1-3H3/b10-7-,19-16-,20-17-,25-23-,28-27-,29-24-,33-31-,37-34-/t52-/m1/s1. The number of hydrogen-bond acceptors (Lipinski definition) is 6. The minimum absolute atomic E-state index is 0.104. The Bertz CT molecular complexity index is 1250. The maximum absolute atomic E-state index is 12.7. The molecule has 0 amide bonds. The Labute approximate surface area is 375 Å². The molecule has 0 bridgehead atoms. The van der Waals surface area contributed by atoms with Crippen molar-refractivity contribution >= 4 is 17.9 Å². The van der Waals surface area contributed by atoms with Crippen molar-refractivity contribution in [2.24, 2.45) is 0 Å². The van der Waals surface area contributed by atoms with Gasteiger partial charge >= 0.3 is 17.9 Å². The van der Waals surface area contributed by atoms with Crippen LogP contribution >= 0.6 is 0 Å². The van der Waals surface area contributed by atoms with Crippen molar-refractivity contribution in [3.63, 3.8) is 0 Å². The van der Waals surface area contributed by atoms with Crippen molar-refractivity contribution in [1.82, 2.24) is 0 Å². The van der Waals surface area contributed by atoms with E-state index >= 15 is 0 Å². The van der Waals surface area contributed by atoms with Gasteiger partial charge in [-0.3, -0.25) is 14.4 Å². The summed E-state index contributed by atoms with van der Waals surface area (Å²) in [5, 5.41) is 0. The Kier molecular flexibility index (Phi) is 46.0. The van der Waals surface area contributed by atoms with Crippen LogP contribution < -0.4 is 0 Å². The Balaban J connectivity index is 4.47. The molecule has 0 radical (unpaired) electrons. The predicted molar refractivity (Wildman–Crippen MR) is 260 cm³/mol. The van der Waals surface area contributed by atoms with Crippen LogP contribution in [0.1, 0.15) is 213 Å². The lowest BCUT2D eigenvalue weighted by atomic mass is 10.1. The minimum Gasteiger partial charge on any atom is -0.462 e. The van der Waals surface area contributed by atoms with E-state index in [9.17, 15) is 14.4 Å². The normalized spacial score (nSPS) is 12.9. The lowest BCUT2D eigenvalue weighted by Crippen LogP contribution is -2.30. The van der Waals surface area contributed by atoms with E-state index in [1.165, 1.54) is 64.2 Å². The van der Waals surface area contributed by atoms with Crippen LogP contribution in [0, 0.1) is 0 Å². The molecule has 0 unspecified atom stereocenters. The first-order valence-corrected chi connectivity index (χ1v) is 24.7. The van der Waals surface area contributed by atoms with E-state index in [2.05, 4.69) is 118 Å². The molecule has 0 spiro atoms. The van der Waals surface area contributed by atoms with Crippen LogP contribution in [0.4, 0.5) is 0 Å². The van der Waals surface area contributed by atoms with Gasteiger partial charge in [0.15, 0.2) is 6.10 Å². The van der Waals surface area contributed by atoms with Gasteiger partial charge in [0, 0.05) is 19.3 Å². The van der Waals surface area contributed by atoms with Crippen molar-refractivity contribution in [2.45, 2.75) is 219 Å². The quantitative estimate of drug-likeness (QED) is 0.0263. The second-order valence-electron chi connectivity index (χ2n) is 16.0. The third-order valence-electron chi connectivity index (χ3n) is 10.1. The number of carbonyl (C=O) groups is 3. The molecule has 0 N–H and O–H groups in total. The molecule has 0 saturated carbocycles. The molecule has 1 atom stereocenters. The summed E-state index contributed by atoms with van der Waals surface area (Å²) >= 11 is 0. The fourth-order valence-electron chi connectivity index (χ4n) is 6.36. The fraction of sp³-hybridized carbons (Fsp3) is 0.655. The Morgan fingerprint density at radius 1 is 0.344 bits per heavy atom. The molecule has 0 heterocycles. The van der Waals surface area contributed by atoms with E-state index in [1.54, 1.807) is 0 Å². The van der Waals surface area contributed by atoms with Crippen LogP contribution in [0.25, 0.3) is 0 Å². The van der Waals surface area contributed by atoms with Gasteiger partial charge in [-0.1, -0.05) is 189 Å². The van der Waals surface area contributed by atoms with E-state index in [0.717, 1.165) is 103 Å². The summed E-state index contributed by atoms with van der Waals surface area (Å²) in [7, 11) is 0. The topological polar surface area (TPSA) is 78.9 Å². The summed E-state index contributed by atoms with van der Waals surface area (Å²) < 4.78 is 16.7. The van der Waals surface area contributed by atoms with Gasteiger partial charge in [-0.15, -0.1) is 0 Å². The molecule has 0 rings (SSSR count). The highest BCUT2D eigenvalue weighted by molar-refractivity contribution is 5.71. The highest BCUT2D eigenvalue weighted by Gasteiger charge is 2.19. The summed E-state index contributed by atoms with van der Waals surface area (Å²) in [6.45, 7) is 6.39. The van der Waals surface area contributed by atoms with Crippen LogP contribution in [-0.2, 0) is 28.6 Å². The molecule has 0 aliphatic heterocycles. The van der Waals surface area contributed by atoms with Gasteiger partial charge in [-0.25, -0.2) is 0 Å². The predicted octanol–water partition coefficient (Wildman–Crippen LogP) is 16.2. The SMILES string of the molecule is CC/C=C\C/C=C\C/C=C\C/C=C\C/C=C\CCCCCC(=O)OC[C@@H](COC(=O)CCCCCCCCCCC)OC(=O)CCCC/C=C\C/C=C\C/C=C\CCCCC. The first kappa shape index (κ1) is 57.3. The van der Waals surface area contributed by atoms with Crippen molar-refractivity contribution < 1.29 is 28.6 Å². The first-order valence-electron chi connectivity index (χ1n) is 24.7. The van der Waals surface area contributed by atoms with Crippen LogP contribution in [-0.4, -0.2) is 37.2 Å². The van der Waals surface area contributed by atoms with Gasteiger partial charge in [0.2, 0.25) is 0 Å². The lowest BCUT2D eigenvalue weighted by molar-refractivity contribution is -0.167. The molecule has 0 aromatic heterocycles. The number of unbranched alkanes of at least 4 members (excludes halogenated alkanes) is 16. The zero-order valence-electron chi connectivity index (χ0n) is 39.4. The van der Waals surface area contributed by atoms with Gasteiger partial charge in [-0.05, 0) is 103 Å². The second kappa shape index (κ2) is 49.0. The maximum atomic E-state index is 12.7. The summed E-state index contributed by atoms with van der Waals surface area (Å²) in [6, 6.07) is 0. The van der Waals surface area contributed by atoms with Gasteiger partial charge < -0.3 is 14.2 Å². The maximum Gasteiger partial charge on any atom is 0.306 e. The molecule has 0 aromatic carbocycles. The van der Waals surface area contributed by atoms with Gasteiger partial charge in [0.05, 0.1) is 0 Å². The van der Waals surface area contributed by atoms with Crippen molar-refractivity contribution in [3.8, 4) is 0 Å². The number of esters is 3. The minimum atomic E-state index is -0.809. The molecule has 0 saturated heterocycles. The molecule has 6 nitrogen and oxygen atoms in total.